The maximum Gasteiger partial charge on any atom is 0.317 e. The van der Waals surface area contributed by atoms with Gasteiger partial charge in [0.05, 0.1) is 13.2 Å². The maximum absolute atomic E-state index is 11.7. The lowest BCUT2D eigenvalue weighted by Crippen LogP contribution is -2.38. The van der Waals surface area contributed by atoms with Gasteiger partial charge in [0.15, 0.2) is 0 Å². The number of nitrogens with one attached hydrogen (secondary N) is 1. The van der Waals surface area contributed by atoms with Crippen LogP contribution in [0.1, 0.15) is 18.1 Å². The summed E-state index contributed by atoms with van der Waals surface area (Å²) in [4.78, 5) is 13.2. The van der Waals surface area contributed by atoms with Crippen LogP contribution < -0.4 is 5.32 Å². The molecule has 0 heterocycles. The van der Waals surface area contributed by atoms with E-state index in [-0.39, 0.29) is 12.6 Å². The van der Waals surface area contributed by atoms with Gasteiger partial charge in [0, 0.05) is 26.7 Å². The molecule has 0 saturated carbocycles. The Morgan fingerprint density at radius 2 is 2.05 bits per heavy atom. The molecule has 0 aromatic heterocycles. The van der Waals surface area contributed by atoms with Crippen molar-refractivity contribution in [1.29, 1.82) is 0 Å². The van der Waals surface area contributed by atoms with Gasteiger partial charge in [-0.25, -0.2) is 4.79 Å². The van der Waals surface area contributed by atoms with E-state index in [1.54, 1.807) is 7.05 Å². The summed E-state index contributed by atoms with van der Waals surface area (Å²) in [7, 11) is 1.65. The number of rotatable bonds is 7. The molecule has 0 aliphatic heterocycles. The molecule has 0 bridgehead atoms. The molecular weight excluding hydrogens is 244 g/mol. The van der Waals surface area contributed by atoms with Gasteiger partial charge in [-0.05, 0) is 18.1 Å². The average Bonchev–Trinajstić information content (AvgIpc) is 2.43. The average molecular weight is 266 g/mol. The molecule has 0 fully saturated rings. The van der Waals surface area contributed by atoms with Crippen LogP contribution in [0.2, 0.25) is 0 Å². The van der Waals surface area contributed by atoms with Gasteiger partial charge < -0.3 is 20.1 Å². The Kier molecular flexibility index (Phi) is 6.92. The number of aliphatic hydroxyl groups is 1. The standard InChI is InChI=1S/C14H22N2O3/c1-3-19-11-13-7-5-4-6-12(13)10-15-14(18)16(2)8-9-17/h4-7,17H,3,8-11H2,1-2H3,(H,15,18). The smallest absolute Gasteiger partial charge is 0.317 e. The first-order chi connectivity index (χ1) is 9.19. The molecule has 1 aromatic carbocycles. The zero-order valence-electron chi connectivity index (χ0n) is 11.6. The monoisotopic (exact) mass is 266 g/mol. The minimum atomic E-state index is -0.194. The zero-order chi connectivity index (χ0) is 14.1. The van der Waals surface area contributed by atoms with Crippen LogP contribution in [0.4, 0.5) is 4.79 Å². The SMILES string of the molecule is CCOCc1ccccc1CNC(=O)N(C)CCO. The van der Waals surface area contributed by atoms with E-state index in [9.17, 15) is 4.79 Å². The van der Waals surface area contributed by atoms with E-state index in [2.05, 4.69) is 5.32 Å². The summed E-state index contributed by atoms with van der Waals surface area (Å²) in [5, 5.41) is 11.6. The molecule has 0 aliphatic rings. The van der Waals surface area contributed by atoms with Crippen LogP contribution in [-0.2, 0) is 17.9 Å². The van der Waals surface area contributed by atoms with Gasteiger partial charge in [-0.15, -0.1) is 0 Å². The summed E-state index contributed by atoms with van der Waals surface area (Å²) in [6.07, 6.45) is 0. The van der Waals surface area contributed by atoms with E-state index in [0.717, 1.165) is 11.1 Å². The number of carbonyl (C=O) groups excluding carboxylic acids is 1. The van der Waals surface area contributed by atoms with Crippen molar-refractivity contribution >= 4 is 6.03 Å². The number of nitrogens with zero attached hydrogens (tertiary/aromatic N) is 1. The molecule has 2 N–H and O–H groups in total. The van der Waals surface area contributed by atoms with Crippen molar-refractivity contribution in [2.24, 2.45) is 0 Å². The van der Waals surface area contributed by atoms with Crippen molar-refractivity contribution in [3.63, 3.8) is 0 Å². The molecule has 0 radical (unpaired) electrons. The maximum atomic E-state index is 11.7. The minimum absolute atomic E-state index is 0.0369. The number of amides is 2. The third kappa shape index (κ3) is 5.28. The van der Waals surface area contributed by atoms with Gasteiger partial charge in [0.1, 0.15) is 0 Å². The van der Waals surface area contributed by atoms with Crippen molar-refractivity contribution in [2.45, 2.75) is 20.1 Å². The predicted octanol–water partition coefficient (Wildman–Crippen LogP) is 1.36. The summed E-state index contributed by atoms with van der Waals surface area (Å²) in [5.41, 5.74) is 2.12. The lowest BCUT2D eigenvalue weighted by atomic mass is 10.1. The molecule has 0 unspecified atom stereocenters. The third-order valence-corrected chi connectivity index (χ3v) is 2.79. The number of ether oxygens (including phenoxy) is 1. The van der Waals surface area contributed by atoms with Crippen LogP contribution in [0, 0.1) is 0 Å². The molecule has 106 valence electrons. The van der Waals surface area contributed by atoms with Crippen molar-refractivity contribution in [1.82, 2.24) is 10.2 Å². The summed E-state index contributed by atoms with van der Waals surface area (Å²) >= 11 is 0. The first kappa shape index (κ1) is 15.5. The Morgan fingerprint density at radius 3 is 2.68 bits per heavy atom. The molecule has 19 heavy (non-hydrogen) atoms. The molecule has 1 rings (SSSR count). The fraction of sp³-hybridized carbons (Fsp3) is 0.500. The van der Waals surface area contributed by atoms with Gasteiger partial charge in [-0.2, -0.15) is 0 Å². The molecule has 0 aliphatic carbocycles. The topological polar surface area (TPSA) is 61.8 Å². The molecule has 0 saturated heterocycles. The molecule has 0 spiro atoms. The second-order valence-electron chi connectivity index (χ2n) is 4.21. The molecule has 5 heteroatoms. The molecule has 0 atom stereocenters. The quantitative estimate of drug-likeness (QED) is 0.783. The number of aliphatic hydroxyl groups excluding tert-OH is 1. The second kappa shape index (κ2) is 8.50. The Bertz CT molecular complexity index is 396. The van der Waals surface area contributed by atoms with Gasteiger partial charge >= 0.3 is 6.03 Å². The minimum Gasteiger partial charge on any atom is -0.395 e. The van der Waals surface area contributed by atoms with Crippen molar-refractivity contribution in [3.05, 3.63) is 35.4 Å². The van der Waals surface area contributed by atoms with E-state index in [1.807, 2.05) is 31.2 Å². The van der Waals surface area contributed by atoms with Crippen LogP contribution in [0.15, 0.2) is 24.3 Å². The van der Waals surface area contributed by atoms with Crippen LogP contribution in [0.25, 0.3) is 0 Å². The number of hydrogen-bond donors (Lipinski definition) is 2. The van der Waals surface area contributed by atoms with Gasteiger partial charge in [-0.3, -0.25) is 0 Å². The molecular formula is C14H22N2O3. The van der Waals surface area contributed by atoms with Crippen molar-refractivity contribution in [3.8, 4) is 0 Å². The highest BCUT2D eigenvalue weighted by Crippen LogP contribution is 2.10. The van der Waals surface area contributed by atoms with Crippen LogP contribution in [0.3, 0.4) is 0 Å². The number of carbonyl (C=O) groups is 1. The Hall–Kier alpha value is -1.59. The summed E-state index contributed by atoms with van der Waals surface area (Å²) in [6, 6.07) is 7.67. The normalized spacial score (nSPS) is 10.3. The first-order valence-corrected chi connectivity index (χ1v) is 6.43. The summed E-state index contributed by atoms with van der Waals surface area (Å²) in [6.45, 7) is 3.91. The molecule has 2 amide bonds. The second-order valence-corrected chi connectivity index (χ2v) is 4.21. The summed E-state index contributed by atoms with van der Waals surface area (Å²) in [5.74, 6) is 0. The lowest BCUT2D eigenvalue weighted by molar-refractivity contribution is 0.133. The van der Waals surface area contributed by atoms with Crippen molar-refractivity contribution < 1.29 is 14.6 Å². The number of likely N-dealkylation sites (N-methyl/N-ethyl adjacent to an activating group) is 1. The number of hydrogen-bond acceptors (Lipinski definition) is 3. The lowest BCUT2D eigenvalue weighted by Gasteiger charge is -2.17. The fourth-order valence-corrected chi connectivity index (χ4v) is 1.64. The largest absolute Gasteiger partial charge is 0.395 e. The van der Waals surface area contributed by atoms with Crippen LogP contribution >= 0.6 is 0 Å². The highest BCUT2D eigenvalue weighted by molar-refractivity contribution is 5.73. The number of benzene rings is 1. The Morgan fingerprint density at radius 1 is 1.37 bits per heavy atom. The zero-order valence-corrected chi connectivity index (χ0v) is 11.6. The van der Waals surface area contributed by atoms with E-state index in [1.165, 1.54) is 4.90 Å². The highest BCUT2D eigenvalue weighted by Gasteiger charge is 2.08. The Balaban J connectivity index is 2.54. The predicted molar refractivity (Wildman–Crippen MR) is 73.7 cm³/mol. The third-order valence-electron chi connectivity index (χ3n) is 2.79. The molecule has 1 aromatic rings. The van der Waals surface area contributed by atoms with E-state index >= 15 is 0 Å². The van der Waals surface area contributed by atoms with E-state index < -0.39 is 0 Å². The summed E-state index contributed by atoms with van der Waals surface area (Å²) < 4.78 is 5.40. The fourth-order valence-electron chi connectivity index (χ4n) is 1.64. The van der Waals surface area contributed by atoms with E-state index in [4.69, 9.17) is 9.84 Å². The van der Waals surface area contributed by atoms with Gasteiger partial charge in [0.25, 0.3) is 0 Å². The Labute approximate surface area is 114 Å². The number of urea groups is 1. The van der Waals surface area contributed by atoms with Gasteiger partial charge in [0.2, 0.25) is 0 Å². The van der Waals surface area contributed by atoms with E-state index in [0.29, 0.717) is 26.3 Å². The van der Waals surface area contributed by atoms with Crippen LogP contribution in [0.5, 0.6) is 0 Å². The van der Waals surface area contributed by atoms with Gasteiger partial charge in [-0.1, -0.05) is 24.3 Å². The highest BCUT2D eigenvalue weighted by atomic mass is 16.5. The molecule has 5 nitrogen and oxygen atoms in total. The first-order valence-electron chi connectivity index (χ1n) is 6.43. The van der Waals surface area contributed by atoms with Crippen LogP contribution in [-0.4, -0.2) is 42.8 Å². The van der Waals surface area contributed by atoms with Crippen molar-refractivity contribution in [2.75, 3.05) is 26.8 Å².